The van der Waals surface area contributed by atoms with Crippen LogP contribution in [0.15, 0.2) is 72.4 Å². The van der Waals surface area contributed by atoms with Gasteiger partial charge in [-0.25, -0.2) is 0 Å². The van der Waals surface area contributed by atoms with Crippen molar-refractivity contribution in [3.63, 3.8) is 0 Å². The van der Waals surface area contributed by atoms with E-state index in [0.29, 0.717) is 21.2 Å². The first-order valence-electron chi connectivity index (χ1n) is 9.78. The van der Waals surface area contributed by atoms with E-state index in [-0.39, 0.29) is 24.1 Å². The number of aryl methyl sites for hydroxylation is 2. The molecule has 1 aliphatic heterocycles. The molecule has 4 nitrogen and oxygen atoms in total. The van der Waals surface area contributed by atoms with Crippen LogP contribution in [0, 0.1) is 13.8 Å². The lowest BCUT2D eigenvalue weighted by atomic mass is 10.0. The number of nitrogens with zero attached hydrogens (tertiary/aromatic N) is 1. The van der Waals surface area contributed by atoms with Crippen LogP contribution in [0.1, 0.15) is 22.3 Å². The van der Waals surface area contributed by atoms with E-state index in [0.717, 1.165) is 22.4 Å². The van der Waals surface area contributed by atoms with E-state index >= 15 is 0 Å². The smallest absolute Gasteiger partial charge is 0.278 e. The van der Waals surface area contributed by atoms with Crippen molar-refractivity contribution in [2.45, 2.75) is 20.4 Å². The zero-order chi connectivity index (χ0) is 22.1. The minimum Gasteiger partial charge on any atom is -0.350 e. The van der Waals surface area contributed by atoms with Crippen molar-refractivity contribution >= 4 is 46.3 Å². The van der Waals surface area contributed by atoms with Gasteiger partial charge in [-0.1, -0.05) is 65.2 Å². The van der Waals surface area contributed by atoms with E-state index < -0.39 is 0 Å². The van der Waals surface area contributed by atoms with Gasteiger partial charge in [0.2, 0.25) is 0 Å². The number of anilines is 1. The summed E-state index contributed by atoms with van der Waals surface area (Å²) in [7, 11) is 0. The van der Waals surface area contributed by atoms with Crippen molar-refractivity contribution in [3.05, 3.63) is 105 Å². The molecule has 3 aromatic rings. The van der Waals surface area contributed by atoms with Crippen molar-refractivity contribution in [1.29, 1.82) is 0 Å². The summed E-state index contributed by atoms with van der Waals surface area (Å²) in [6.45, 7) is 4.13. The number of amides is 2. The monoisotopic (exact) mass is 450 g/mol. The zero-order valence-corrected chi connectivity index (χ0v) is 18.6. The fourth-order valence-electron chi connectivity index (χ4n) is 3.58. The molecule has 0 radical (unpaired) electrons. The number of nitrogens with one attached hydrogen (secondary N) is 1. The SMILES string of the molecule is Cc1ccc(NC2=C(c3ccc(Cl)cc3)C(=O)N(Cc3ccc(Cl)cc3)C2=O)c(C)c1. The topological polar surface area (TPSA) is 49.4 Å². The molecular formula is C25H20Cl2N2O2. The van der Waals surface area contributed by atoms with E-state index in [2.05, 4.69) is 5.32 Å². The fraction of sp³-hybridized carbons (Fsp3) is 0.120. The summed E-state index contributed by atoms with van der Waals surface area (Å²) in [4.78, 5) is 28.0. The van der Waals surface area contributed by atoms with Crippen LogP contribution in [-0.2, 0) is 16.1 Å². The lowest BCUT2D eigenvalue weighted by Gasteiger charge is -2.16. The number of rotatable bonds is 5. The highest BCUT2D eigenvalue weighted by Gasteiger charge is 2.39. The summed E-state index contributed by atoms with van der Waals surface area (Å²) >= 11 is 12.0. The van der Waals surface area contributed by atoms with Crippen LogP contribution < -0.4 is 5.32 Å². The van der Waals surface area contributed by atoms with Gasteiger partial charge in [0.1, 0.15) is 5.70 Å². The van der Waals surface area contributed by atoms with Crippen molar-refractivity contribution in [2.75, 3.05) is 5.32 Å². The van der Waals surface area contributed by atoms with Gasteiger partial charge in [-0.15, -0.1) is 0 Å². The zero-order valence-electron chi connectivity index (χ0n) is 17.1. The van der Waals surface area contributed by atoms with Gasteiger partial charge in [0.25, 0.3) is 11.8 Å². The van der Waals surface area contributed by atoms with Crippen molar-refractivity contribution in [2.24, 2.45) is 0 Å². The maximum absolute atomic E-state index is 13.4. The molecule has 0 atom stereocenters. The summed E-state index contributed by atoms with van der Waals surface area (Å²) < 4.78 is 0. The Morgan fingerprint density at radius 3 is 2.03 bits per heavy atom. The summed E-state index contributed by atoms with van der Waals surface area (Å²) in [5, 5.41) is 4.37. The Morgan fingerprint density at radius 1 is 0.806 bits per heavy atom. The first kappa shape index (κ1) is 21.2. The van der Waals surface area contributed by atoms with Gasteiger partial charge in [-0.3, -0.25) is 14.5 Å². The highest BCUT2D eigenvalue weighted by Crippen LogP contribution is 2.33. The lowest BCUT2D eigenvalue weighted by Crippen LogP contribution is -2.32. The molecule has 31 heavy (non-hydrogen) atoms. The molecule has 0 aromatic heterocycles. The van der Waals surface area contributed by atoms with Gasteiger partial charge in [0.05, 0.1) is 12.1 Å². The molecule has 0 unspecified atom stereocenters. The second kappa shape index (κ2) is 8.58. The quantitative estimate of drug-likeness (QED) is 0.484. The molecule has 156 valence electrons. The number of hydrogen-bond donors (Lipinski definition) is 1. The van der Waals surface area contributed by atoms with Gasteiger partial charge in [-0.05, 0) is 60.9 Å². The summed E-state index contributed by atoms with van der Waals surface area (Å²) in [5.41, 5.74) is 4.92. The minimum absolute atomic E-state index is 0.157. The molecule has 0 saturated carbocycles. The number of benzene rings is 3. The number of imide groups is 1. The van der Waals surface area contributed by atoms with Crippen molar-refractivity contribution in [3.8, 4) is 0 Å². The van der Waals surface area contributed by atoms with Crippen LogP contribution in [0.2, 0.25) is 10.0 Å². The molecule has 1 heterocycles. The van der Waals surface area contributed by atoms with E-state index in [1.54, 1.807) is 48.5 Å². The second-order valence-corrected chi connectivity index (χ2v) is 8.40. The number of hydrogen-bond acceptors (Lipinski definition) is 3. The molecular weight excluding hydrogens is 431 g/mol. The molecule has 0 aliphatic carbocycles. The normalized spacial score (nSPS) is 13.9. The predicted octanol–water partition coefficient (Wildman–Crippen LogP) is 6.00. The van der Waals surface area contributed by atoms with E-state index in [1.165, 1.54) is 4.90 Å². The van der Waals surface area contributed by atoms with Gasteiger partial charge >= 0.3 is 0 Å². The Hall–Kier alpha value is -3.08. The van der Waals surface area contributed by atoms with Crippen molar-refractivity contribution in [1.82, 2.24) is 4.90 Å². The Morgan fingerprint density at radius 2 is 1.42 bits per heavy atom. The van der Waals surface area contributed by atoms with Crippen LogP contribution in [0.5, 0.6) is 0 Å². The fourth-order valence-corrected chi connectivity index (χ4v) is 3.83. The molecule has 0 fully saturated rings. The third-order valence-corrected chi connectivity index (χ3v) is 5.70. The second-order valence-electron chi connectivity index (χ2n) is 7.52. The molecule has 4 rings (SSSR count). The largest absolute Gasteiger partial charge is 0.350 e. The average molecular weight is 451 g/mol. The van der Waals surface area contributed by atoms with Gasteiger partial charge in [0, 0.05) is 15.7 Å². The van der Waals surface area contributed by atoms with Crippen LogP contribution in [-0.4, -0.2) is 16.7 Å². The molecule has 0 bridgehead atoms. The molecule has 2 amide bonds. The number of carbonyl (C=O) groups is 2. The predicted molar refractivity (Wildman–Crippen MR) is 125 cm³/mol. The molecule has 6 heteroatoms. The third kappa shape index (κ3) is 4.36. The van der Waals surface area contributed by atoms with Gasteiger partial charge in [-0.2, -0.15) is 0 Å². The minimum atomic E-state index is -0.370. The van der Waals surface area contributed by atoms with Crippen LogP contribution in [0.3, 0.4) is 0 Å². The standard InChI is InChI=1S/C25H20Cl2N2O2/c1-15-3-12-21(16(2)13-15)28-23-22(18-6-10-20(27)11-7-18)24(30)29(25(23)31)14-17-4-8-19(26)9-5-17/h3-13,28H,14H2,1-2H3. The Balaban J connectivity index is 1.75. The van der Waals surface area contributed by atoms with Crippen molar-refractivity contribution < 1.29 is 9.59 Å². The number of halogens is 2. The molecule has 0 spiro atoms. The maximum Gasteiger partial charge on any atom is 0.278 e. The Bertz CT molecular complexity index is 1200. The number of carbonyl (C=O) groups excluding carboxylic acids is 2. The van der Waals surface area contributed by atoms with Crippen LogP contribution in [0.4, 0.5) is 5.69 Å². The molecule has 1 aliphatic rings. The van der Waals surface area contributed by atoms with Crippen LogP contribution in [0.25, 0.3) is 5.57 Å². The molecule has 0 saturated heterocycles. The highest BCUT2D eigenvalue weighted by atomic mass is 35.5. The Kier molecular flexibility index (Phi) is 5.86. The Labute approximate surface area is 191 Å². The van der Waals surface area contributed by atoms with E-state index in [9.17, 15) is 9.59 Å². The van der Waals surface area contributed by atoms with Crippen LogP contribution >= 0.6 is 23.2 Å². The first-order valence-corrected chi connectivity index (χ1v) is 10.5. The summed E-state index contributed by atoms with van der Waals surface area (Å²) in [5.74, 6) is -0.723. The lowest BCUT2D eigenvalue weighted by molar-refractivity contribution is -0.137. The highest BCUT2D eigenvalue weighted by molar-refractivity contribution is 6.37. The third-order valence-electron chi connectivity index (χ3n) is 5.20. The summed E-state index contributed by atoms with van der Waals surface area (Å²) in [6, 6.07) is 19.9. The van der Waals surface area contributed by atoms with Gasteiger partial charge in [0.15, 0.2) is 0 Å². The maximum atomic E-state index is 13.4. The average Bonchev–Trinajstić information content (AvgIpc) is 2.96. The molecule has 1 N–H and O–H groups in total. The molecule has 3 aromatic carbocycles. The van der Waals surface area contributed by atoms with E-state index in [4.69, 9.17) is 23.2 Å². The van der Waals surface area contributed by atoms with Gasteiger partial charge < -0.3 is 5.32 Å². The van der Waals surface area contributed by atoms with E-state index in [1.807, 2.05) is 32.0 Å². The summed E-state index contributed by atoms with van der Waals surface area (Å²) in [6.07, 6.45) is 0. The first-order chi connectivity index (χ1) is 14.8.